The molecule has 0 saturated heterocycles. The number of amides is 1. The molecule has 0 aliphatic carbocycles. The first-order valence-electron chi connectivity index (χ1n) is 4.97. The van der Waals surface area contributed by atoms with Crippen LogP contribution in [-0.4, -0.2) is 28.0 Å². The quantitative estimate of drug-likeness (QED) is 0.753. The van der Waals surface area contributed by atoms with Crippen molar-refractivity contribution in [3.63, 3.8) is 0 Å². The fourth-order valence-electron chi connectivity index (χ4n) is 1.15. The average Bonchev–Trinajstić information content (AvgIpc) is 2.27. The number of carbonyl (C=O) groups excluding carboxylic acids is 1. The summed E-state index contributed by atoms with van der Waals surface area (Å²) in [6.07, 6.45) is -4.73. The van der Waals surface area contributed by atoms with Crippen molar-refractivity contribution in [2.45, 2.75) is 19.1 Å². The zero-order chi connectivity index (χ0) is 14.8. The number of H-pyrrole nitrogens is 1. The fourth-order valence-corrected chi connectivity index (χ4v) is 1.15. The number of alkyl halides is 3. The Labute approximate surface area is 104 Å². The predicted octanol–water partition coefficient (Wildman–Crippen LogP) is 0.597. The number of rotatable bonds is 3. The summed E-state index contributed by atoms with van der Waals surface area (Å²) in [6, 6.07) is -0.0537. The van der Waals surface area contributed by atoms with Crippen molar-refractivity contribution in [3.05, 3.63) is 33.7 Å². The number of hydrogen-bond acceptors (Lipinski definition) is 3. The monoisotopic (exact) mass is 278 g/mol. The minimum Gasteiger partial charge on any atom is -0.480 e. The standard InChI is InChI=1S/C10H9F3N2O4/c1-4(9(18)19)14-7(16)5-2-3-6(10(11,12)13)15-8(5)17/h2-4H,1H3,(H,14,16)(H,15,17)(H,18,19)/t4-/m1/s1. The van der Waals surface area contributed by atoms with Gasteiger partial charge in [-0.1, -0.05) is 0 Å². The van der Waals surface area contributed by atoms with E-state index in [1.54, 1.807) is 0 Å². The van der Waals surface area contributed by atoms with Crippen molar-refractivity contribution in [1.82, 2.24) is 10.3 Å². The molecule has 1 atom stereocenters. The Morgan fingerprint density at radius 1 is 1.37 bits per heavy atom. The molecule has 0 aromatic carbocycles. The maximum absolute atomic E-state index is 12.3. The van der Waals surface area contributed by atoms with Gasteiger partial charge in [-0.15, -0.1) is 0 Å². The van der Waals surface area contributed by atoms with Gasteiger partial charge in [-0.25, -0.2) is 0 Å². The van der Waals surface area contributed by atoms with E-state index in [0.717, 1.165) is 6.92 Å². The summed E-state index contributed by atoms with van der Waals surface area (Å²) in [5.74, 6) is -2.40. The van der Waals surface area contributed by atoms with Crippen molar-refractivity contribution >= 4 is 11.9 Å². The van der Waals surface area contributed by atoms with E-state index in [0.29, 0.717) is 12.1 Å². The van der Waals surface area contributed by atoms with Crippen molar-refractivity contribution in [3.8, 4) is 0 Å². The van der Waals surface area contributed by atoms with E-state index in [4.69, 9.17) is 5.11 Å². The molecule has 1 amide bonds. The number of aromatic nitrogens is 1. The molecule has 1 aromatic rings. The normalized spacial score (nSPS) is 12.8. The molecular weight excluding hydrogens is 269 g/mol. The third-order valence-corrected chi connectivity index (χ3v) is 2.18. The Bertz CT molecular complexity index is 565. The number of aromatic amines is 1. The minimum atomic E-state index is -4.73. The van der Waals surface area contributed by atoms with E-state index in [-0.39, 0.29) is 0 Å². The second kappa shape index (κ2) is 5.12. The largest absolute Gasteiger partial charge is 0.480 e. The Morgan fingerprint density at radius 2 is 1.95 bits per heavy atom. The van der Waals surface area contributed by atoms with Gasteiger partial charge in [0, 0.05) is 0 Å². The maximum atomic E-state index is 12.3. The highest BCUT2D eigenvalue weighted by Gasteiger charge is 2.32. The van der Waals surface area contributed by atoms with Crippen molar-refractivity contribution in [2.75, 3.05) is 0 Å². The van der Waals surface area contributed by atoms with Crippen LogP contribution >= 0.6 is 0 Å². The molecule has 19 heavy (non-hydrogen) atoms. The second-order valence-corrected chi connectivity index (χ2v) is 3.65. The van der Waals surface area contributed by atoms with Crippen LogP contribution in [0.25, 0.3) is 0 Å². The summed E-state index contributed by atoms with van der Waals surface area (Å²) < 4.78 is 36.8. The summed E-state index contributed by atoms with van der Waals surface area (Å²) in [5.41, 5.74) is -3.13. The van der Waals surface area contributed by atoms with Crippen LogP contribution in [0.3, 0.4) is 0 Å². The summed E-state index contributed by atoms with van der Waals surface area (Å²) >= 11 is 0. The first kappa shape index (κ1) is 14.7. The van der Waals surface area contributed by atoms with Crippen LogP contribution in [0, 0.1) is 0 Å². The lowest BCUT2D eigenvalue weighted by molar-refractivity contribution is -0.141. The van der Waals surface area contributed by atoms with Crippen molar-refractivity contribution < 1.29 is 27.9 Å². The predicted molar refractivity (Wildman–Crippen MR) is 56.6 cm³/mol. The summed E-state index contributed by atoms with van der Waals surface area (Å²) in [5, 5.41) is 10.5. The molecule has 0 bridgehead atoms. The molecule has 6 nitrogen and oxygen atoms in total. The molecule has 1 rings (SSSR count). The SMILES string of the molecule is C[C@@H](NC(=O)c1ccc(C(F)(F)F)[nH]c1=O)C(=O)O. The van der Waals surface area contributed by atoms with Crippen LogP contribution in [0.15, 0.2) is 16.9 Å². The van der Waals surface area contributed by atoms with Gasteiger partial charge in [0.1, 0.15) is 17.3 Å². The minimum absolute atomic E-state index is 0.530. The lowest BCUT2D eigenvalue weighted by Crippen LogP contribution is -2.40. The molecule has 0 unspecified atom stereocenters. The summed E-state index contributed by atoms with van der Waals surface area (Å²) in [6.45, 7) is 1.15. The Balaban J connectivity index is 3.01. The van der Waals surface area contributed by atoms with Gasteiger partial charge in [0.2, 0.25) is 0 Å². The maximum Gasteiger partial charge on any atom is 0.431 e. The van der Waals surface area contributed by atoms with E-state index in [1.807, 2.05) is 5.32 Å². The molecule has 0 radical (unpaired) electrons. The highest BCUT2D eigenvalue weighted by Crippen LogP contribution is 2.26. The smallest absolute Gasteiger partial charge is 0.431 e. The number of carboxylic acid groups (broad SMARTS) is 1. The van der Waals surface area contributed by atoms with Gasteiger partial charge >= 0.3 is 12.1 Å². The molecule has 1 heterocycles. The summed E-state index contributed by atoms with van der Waals surface area (Å²) in [4.78, 5) is 34.8. The van der Waals surface area contributed by atoms with Crippen LogP contribution in [0.1, 0.15) is 23.0 Å². The van der Waals surface area contributed by atoms with Gasteiger partial charge in [-0.2, -0.15) is 13.2 Å². The van der Waals surface area contributed by atoms with E-state index >= 15 is 0 Å². The molecular formula is C10H9F3N2O4. The Kier molecular flexibility index (Phi) is 3.98. The van der Waals surface area contributed by atoms with E-state index in [9.17, 15) is 27.6 Å². The van der Waals surface area contributed by atoms with Crippen LogP contribution in [-0.2, 0) is 11.0 Å². The number of nitrogens with one attached hydrogen (secondary N) is 2. The topological polar surface area (TPSA) is 99.3 Å². The van der Waals surface area contributed by atoms with Gasteiger partial charge in [0.05, 0.1) is 0 Å². The number of hydrogen-bond donors (Lipinski definition) is 3. The first-order valence-corrected chi connectivity index (χ1v) is 4.97. The molecule has 1 aromatic heterocycles. The lowest BCUT2D eigenvalue weighted by Gasteiger charge is -2.10. The van der Waals surface area contributed by atoms with Gasteiger partial charge in [-0.3, -0.25) is 14.4 Å². The van der Waals surface area contributed by atoms with E-state index in [1.165, 1.54) is 4.98 Å². The van der Waals surface area contributed by atoms with Gasteiger partial charge in [0.25, 0.3) is 11.5 Å². The lowest BCUT2D eigenvalue weighted by atomic mass is 10.2. The molecule has 3 N–H and O–H groups in total. The molecule has 9 heteroatoms. The van der Waals surface area contributed by atoms with Gasteiger partial charge in [-0.05, 0) is 19.1 Å². The van der Waals surface area contributed by atoms with Crippen molar-refractivity contribution in [2.24, 2.45) is 0 Å². The summed E-state index contributed by atoms with van der Waals surface area (Å²) in [7, 11) is 0. The molecule has 0 aliphatic heterocycles. The number of carboxylic acids is 1. The molecule has 0 saturated carbocycles. The van der Waals surface area contributed by atoms with Crippen LogP contribution in [0.4, 0.5) is 13.2 Å². The molecule has 0 aliphatic rings. The number of halogens is 3. The number of aliphatic carboxylic acids is 1. The fraction of sp³-hybridized carbons (Fsp3) is 0.300. The highest BCUT2D eigenvalue weighted by atomic mass is 19.4. The third-order valence-electron chi connectivity index (χ3n) is 2.18. The zero-order valence-electron chi connectivity index (χ0n) is 9.54. The van der Waals surface area contributed by atoms with E-state index < -0.39 is 40.9 Å². The van der Waals surface area contributed by atoms with Crippen molar-refractivity contribution in [1.29, 1.82) is 0 Å². The molecule has 0 fully saturated rings. The average molecular weight is 278 g/mol. The molecule has 104 valence electrons. The first-order chi connectivity index (χ1) is 8.62. The second-order valence-electron chi connectivity index (χ2n) is 3.65. The highest BCUT2D eigenvalue weighted by molar-refractivity contribution is 5.96. The van der Waals surface area contributed by atoms with Crippen LogP contribution in [0.5, 0.6) is 0 Å². The zero-order valence-corrected chi connectivity index (χ0v) is 9.54. The number of carbonyl (C=O) groups is 2. The van der Waals surface area contributed by atoms with Gasteiger partial charge < -0.3 is 15.4 Å². The molecule has 0 spiro atoms. The third kappa shape index (κ3) is 3.57. The van der Waals surface area contributed by atoms with Crippen LogP contribution < -0.4 is 10.9 Å². The van der Waals surface area contributed by atoms with Gasteiger partial charge in [0.15, 0.2) is 0 Å². The Hall–Kier alpha value is -2.32. The number of pyridine rings is 1. The van der Waals surface area contributed by atoms with Crippen LogP contribution in [0.2, 0.25) is 0 Å². The van der Waals surface area contributed by atoms with E-state index in [2.05, 4.69) is 0 Å². The Morgan fingerprint density at radius 3 is 2.37 bits per heavy atom.